The van der Waals surface area contributed by atoms with E-state index in [9.17, 15) is 35.5 Å². The number of rotatable bonds is 10. The van der Waals surface area contributed by atoms with Crippen molar-refractivity contribution in [1.29, 1.82) is 0 Å². The van der Waals surface area contributed by atoms with Crippen LogP contribution in [0.5, 0.6) is 11.5 Å². The van der Waals surface area contributed by atoms with Gasteiger partial charge >= 0.3 is 0 Å². The average Bonchev–Trinajstić information content (AvgIpc) is 3.10. The number of para-hydroxylation sites is 2. The Morgan fingerprint density at radius 2 is 0.846 bits per heavy atom. The maximum absolute atomic E-state index is 14.1. The van der Waals surface area contributed by atoms with Crippen LogP contribution < -0.4 is 19.5 Å². The first kappa shape index (κ1) is 34.3. The molecule has 16 heteroatoms. The Morgan fingerprint density at radius 1 is 0.500 bits per heavy atom. The highest BCUT2D eigenvalue weighted by Crippen LogP contribution is 2.26. The monoisotopic (exact) mass is 736 g/mol. The van der Waals surface area contributed by atoms with Crippen LogP contribution in [-0.4, -0.2) is 45.0 Å². The molecular formula is C36H24N4O10S2-2. The molecule has 262 valence electrons. The van der Waals surface area contributed by atoms with Crippen LogP contribution in [0, 0.1) is 0 Å². The van der Waals surface area contributed by atoms with Gasteiger partial charge in [0.05, 0.1) is 34.9 Å². The van der Waals surface area contributed by atoms with Crippen LogP contribution in [0.4, 0.5) is 0 Å². The number of benzene rings is 5. The van der Waals surface area contributed by atoms with Gasteiger partial charge < -0.3 is 17.5 Å². The van der Waals surface area contributed by atoms with Crippen molar-refractivity contribution in [2.45, 2.75) is 13.1 Å². The molecule has 5 aromatic carbocycles. The summed E-state index contributed by atoms with van der Waals surface area (Å²) >= 11 is 0. The zero-order valence-electron chi connectivity index (χ0n) is 26.6. The largest absolute Gasteiger partial charge is 0.716 e. The minimum absolute atomic E-state index is 0.0101. The van der Waals surface area contributed by atoms with Crippen molar-refractivity contribution >= 4 is 42.6 Å². The van der Waals surface area contributed by atoms with Crippen LogP contribution in [0.2, 0.25) is 0 Å². The number of fused-ring (bicyclic) bond motifs is 2. The lowest BCUT2D eigenvalue weighted by molar-refractivity contribution is 0.370. The molecule has 14 nitrogen and oxygen atoms in total. The Morgan fingerprint density at radius 3 is 1.21 bits per heavy atom. The van der Waals surface area contributed by atoms with E-state index in [2.05, 4.69) is 8.37 Å². The Balaban J connectivity index is 1.33. The summed E-state index contributed by atoms with van der Waals surface area (Å²) in [5, 5.41) is 0.714. The lowest BCUT2D eigenvalue weighted by Crippen LogP contribution is -2.26. The number of hydrogen-bond acceptors (Lipinski definition) is 12. The van der Waals surface area contributed by atoms with E-state index in [4.69, 9.17) is 9.97 Å². The Kier molecular flexibility index (Phi) is 8.89. The van der Waals surface area contributed by atoms with Gasteiger partial charge in [0.2, 0.25) is 0 Å². The Bertz CT molecular complexity index is 2640. The molecule has 0 N–H and O–H groups in total. The molecule has 0 aliphatic carbocycles. The zero-order chi connectivity index (χ0) is 36.6. The summed E-state index contributed by atoms with van der Waals surface area (Å²) in [6.07, 6.45) is 0. The first-order valence-corrected chi connectivity index (χ1v) is 18.1. The van der Waals surface area contributed by atoms with Crippen LogP contribution >= 0.6 is 0 Å². The van der Waals surface area contributed by atoms with E-state index in [1.165, 1.54) is 57.7 Å². The highest BCUT2D eigenvalue weighted by molar-refractivity contribution is 7.81. The number of hydrogen-bond donors (Lipinski definition) is 0. The maximum Gasteiger partial charge on any atom is 0.262 e. The minimum Gasteiger partial charge on any atom is -0.716 e. The third-order valence-electron chi connectivity index (χ3n) is 8.12. The molecule has 0 bridgehead atoms. The van der Waals surface area contributed by atoms with Crippen molar-refractivity contribution in [3.05, 3.63) is 153 Å². The molecule has 0 fully saturated rings. The SMILES string of the molecule is O=c1c2ccccc2nc(-c2ccc(OS(=O)(=O)[O-])cc2)n1Cc1ccccc1Cn1c(-c2ccc(OS(=O)(=O)[O-])cc2)nc2ccccc2c1=O. The van der Waals surface area contributed by atoms with Crippen LogP contribution in [0.1, 0.15) is 11.1 Å². The van der Waals surface area contributed by atoms with Crippen LogP contribution in [-0.2, 0) is 33.9 Å². The van der Waals surface area contributed by atoms with E-state index in [-0.39, 0.29) is 47.4 Å². The highest BCUT2D eigenvalue weighted by Gasteiger charge is 2.18. The van der Waals surface area contributed by atoms with Crippen molar-refractivity contribution in [3.63, 3.8) is 0 Å². The lowest BCUT2D eigenvalue weighted by atomic mass is 10.1. The number of aromatic nitrogens is 4. The van der Waals surface area contributed by atoms with E-state index < -0.39 is 20.8 Å². The Hall–Kier alpha value is -6.20. The van der Waals surface area contributed by atoms with Gasteiger partial charge in [-0.05, 0) is 83.9 Å². The minimum atomic E-state index is -5.00. The van der Waals surface area contributed by atoms with Crippen molar-refractivity contribution in [2.75, 3.05) is 0 Å². The quantitative estimate of drug-likeness (QED) is 0.143. The third kappa shape index (κ3) is 7.31. The fourth-order valence-electron chi connectivity index (χ4n) is 5.83. The van der Waals surface area contributed by atoms with Crippen LogP contribution in [0.15, 0.2) is 131 Å². The predicted molar refractivity (Wildman–Crippen MR) is 188 cm³/mol. The van der Waals surface area contributed by atoms with Gasteiger partial charge in [0.15, 0.2) is 0 Å². The molecule has 0 radical (unpaired) electrons. The fourth-order valence-corrected chi connectivity index (χ4v) is 6.53. The second kappa shape index (κ2) is 13.5. The second-order valence-corrected chi connectivity index (χ2v) is 13.5. The third-order valence-corrected chi connectivity index (χ3v) is 8.91. The van der Waals surface area contributed by atoms with E-state index in [0.29, 0.717) is 44.1 Å². The van der Waals surface area contributed by atoms with Gasteiger partial charge in [0, 0.05) is 11.1 Å². The van der Waals surface area contributed by atoms with Gasteiger partial charge in [-0.2, -0.15) is 0 Å². The van der Waals surface area contributed by atoms with E-state index in [0.717, 1.165) is 0 Å². The molecule has 0 unspecified atom stereocenters. The molecule has 0 aliphatic rings. The molecule has 0 aliphatic heterocycles. The summed E-state index contributed by atoms with van der Waals surface area (Å²) in [6, 6.07) is 31.9. The molecule has 0 saturated heterocycles. The normalized spacial score (nSPS) is 11.9. The standard InChI is InChI=1S/C36H26N4O10S2/c41-35-29-9-3-5-11-31(29)37-33(23-13-17-27(18-14-23)49-51(43,44)45)39(35)21-25-7-1-2-8-26(25)22-40-34(38-32-12-6-4-10-30(32)36(40)42)24-15-19-28(20-16-24)50-52(46,47)48/h1-20H,21-22H2,(H,43,44,45)(H,46,47,48)/p-2. The molecular weight excluding hydrogens is 713 g/mol. The van der Waals surface area contributed by atoms with E-state index in [1.807, 2.05) is 12.1 Å². The second-order valence-electron chi connectivity index (χ2n) is 11.5. The molecule has 0 amide bonds. The van der Waals surface area contributed by atoms with Gasteiger partial charge in [-0.3, -0.25) is 18.7 Å². The summed E-state index contributed by atoms with van der Waals surface area (Å²) in [5.41, 5.74) is 2.34. The van der Waals surface area contributed by atoms with Crippen molar-refractivity contribution in [1.82, 2.24) is 19.1 Å². The van der Waals surface area contributed by atoms with Gasteiger partial charge in [-0.15, -0.1) is 0 Å². The molecule has 2 aromatic heterocycles. The fraction of sp³-hybridized carbons (Fsp3) is 0.0556. The molecule has 52 heavy (non-hydrogen) atoms. The molecule has 0 saturated carbocycles. The molecule has 7 rings (SSSR count). The van der Waals surface area contributed by atoms with E-state index >= 15 is 0 Å². The van der Waals surface area contributed by atoms with Crippen molar-refractivity contribution < 1.29 is 34.3 Å². The van der Waals surface area contributed by atoms with Crippen molar-refractivity contribution in [3.8, 4) is 34.3 Å². The topological polar surface area (TPSA) is 203 Å². The average molecular weight is 737 g/mol. The van der Waals surface area contributed by atoms with Gasteiger partial charge in [-0.1, -0.05) is 48.5 Å². The van der Waals surface area contributed by atoms with Gasteiger partial charge in [0.25, 0.3) is 31.9 Å². The lowest BCUT2D eigenvalue weighted by Gasteiger charge is -2.19. The van der Waals surface area contributed by atoms with E-state index in [1.54, 1.807) is 60.7 Å². The molecule has 0 atom stereocenters. The molecule has 7 aromatic rings. The molecule has 0 spiro atoms. The smallest absolute Gasteiger partial charge is 0.262 e. The van der Waals surface area contributed by atoms with Crippen molar-refractivity contribution in [2.24, 2.45) is 0 Å². The summed E-state index contributed by atoms with van der Waals surface area (Å²) in [5.74, 6) is 0.0913. The van der Waals surface area contributed by atoms with Crippen LogP contribution in [0.3, 0.4) is 0 Å². The first-order chi connectivity index (χ1) is 24.8. The van der Waals surface area contributed by atoms with Gasteiger partial charge in [-0.25, -0.2) is 26.8 Å². The van der Waals surface area contributed by atoms with Crippen LogP contribution in [0.25, 0.3) is 44.6 Å². The summed E-state index contributed by atoms with van der Waals surface area (Å²) in [6.45, 7) is 0.0202. The summed E-state index contributed by atoms with van der Waals surface area (Å²) < 4.78 is 78.5. The maximum atomic E-state index is 14.1. The van der Waals surface area contributed by atoms with Gasteiger partial charge in [0.1, 0.15) is 23.1 Å². The summed E-state index contributed by atoms with van der Waals surface area (Å²) in [4.78, 5) is 37.6. The zero-order valence-corrected chi connectivity index (χ0v) is 28.3. The molecule has 2 heterocycles. The first-order valence-electron chi connectivity index (χ1n) is 15.4. The highest BCUT2D eigenvalue weighted by atomic mass is 32.3. The predicted octanol–water partition coefficient (Wildman–Crippen LogP) is 4.22. The Labute approximate surface area is 295 Å². The number of nitrogens with zero attached hydrogens (tertiary/aromatic N) is 4. The summed E-state index contributed by atoms with van der Waals surface area (Å²) in [7, 11) is -10.0.